The van der Waals surface area contributed by atoms with Gasteiger partial charge in [-0.25, -0.2) is 18.1 Å². The van der Waals surface area contributed by atoms with Crippen LogP contribution in [-0.2, 0) is 10.0 Å². The topological polar surface area (TPSA) is 71.1 Å². The van der Waals surface area contributed by atoms with Crippen LogP contribution < -0.4 is 10.0 Å². The largest absolute Gasteiger partial charge is 0.388 e. The van der Waals surface area contributed by atoms with E-state index in [0.29, 0.717) is 5.56 Å². The molecule has 152 valence electrons. The van der Waals surface area contributed by atoms with E-state index in [0.717, 1.165) is 26.7 Å². The van der Waals surface area contributed by atoms with Crippen molar-refractivity contribution in [1.82, 2.24) is 9.71 Å². The highest BCUT2D eigenvalue weighted by Crippen LogP contribution is 2.36. The standard InChI is InChI=1S/C22H25N3O2S2/c1-6-15-7-12-18(20(13-15)29(26,27)25-22(2,3)4)19-14-24-21(28-19)16-8-10-17(23-5)11-9-16/h6-14,23,25H,1H2,2-5H3. The molecule has 0 bridgehead atoms. The van der Waals surface area contributed by atoms with Gasteiger partial charge in [-0.2, -0.15) is 0 Å². The second kappa shape index (κ2) is 8.10. The molecule has 3 rings (SSSR count). The molecule has 3 aromatic rings. The minimum absolute atomic E-state index is 0.227. The van der Waals surface area contributed by atoms with Crippen molar-refractivity contribution in [2.75, 3.05) is 12.4 Å². The smallest absolute Gasteiger partial charge is 0.241 e. The first-order valence-electron chi connectivity index (χ1n) is 9.18. The molecule has 0 saturated heterocycles. The minimum Gasteiger partial charge on any atom is -0.388 e. The molecule has 2 N–H and O–H groups in total. The number of hydrogen-bond acceptors (Lipinski definition) is 5. The van der Waals surface area contributed by atoms with Gasteiger partial charge < -0.3 is 5.32 Å². The van der Waals surface area contributed by atoms with Gasteiger partial charge in [0.25, 0.3) is 0 Å². The molecule has 0 aliphatic rings. The lowest BCUT2D eigenvalue weighted by molar-refractivity contribution is 0.491. The summed E-state index contributed by atoms with van der Waals surface area (Å²) in [6.45, 7) is 9.22. The van der Waals surface area contributed by atoms with E-state index in [1.165, 1.54) is 11.3 Å². The van der Waals surface area contributed by atoms with E-state index < -0.39 is 15.6 Å². The molecule has 0 atom stereocenters. The highest BCUT2D eigenvalue weighted by Gasteiger charge is 2.26. The number of thiazole rings is 1. The predicted molar refractivity (Wildman–Crippen MR) is 123 cm³/mol. The summed E-state index contributed by atoms with van der Waals surface area (Å²) in [5, 5.41) is 3.93. The lowest BCUT2D eigenvalue weighted by Gasteiger charge is -2.21. The van der Waals surface area contributed by atoms with Crippen molar-refractivity contribution in [2.45, 2.75) is 31.2 Å². The van der Waals surface area contributed by atoms with E-state index in [1.807, 2.05) is 64.2 Å². The monoisotopic (exact) mass is 427 g/mol. The third-order valence-electron chi connectivity index (χ3n) is 4.16. The van der Waals surface area contributed by atoms with Crippen LogP contribution in [0.15, 0.2) is 60.1 Å². The Labute approximate surface area is 176 Å². The van der Waals surface area contributed by atoms with Gasteiger partial charge in [-0.1, -0.05) is 24.8 Å². The maximum Gasteiger partial charge on any atom is 0.241 e. The van der Waals surface area contributed by atoms with E-state index >= 15 is 0 Å². The second-order valence-corrected chi connectivity index (χ2v) is 10.4. The zero-order chi connectivity index (χ0) is 21.2. The molecule has 1 aromatic heterocycles. The number of nitrogens with zero attached hydrogens (tertiary/aromatic N) is 1. The van der Waals surface area contributed by atoms with Crippen LogP contribution in [0.25, 0.3) is 27.1 Å². The molecule has 5 nitrogen and oxygen atoms in total. The summed E-state index contributed by atoms with van der Waals surface area (Å²) in [6.07, 6.45) is 3.37. The van der Waals surface area contributed by atoms with E-state index in [2.05, 4.69) is 21.6 Å². The van der Waals surface area contributed by atoms with Gasteiger partial charge in [0.05, 0.1) is 9.77 Å². The predicted octanol–water partition coefficient (Wildman–Crippen LogP) is 5.24. The molecule has 0 aliphatic heterocycles. The molecule has 0 amide bonds. The molecule has 0 saturated carbocycles. The van der Waals surface area contributed by atoms with Crippen LogP contribution in [0.3, 0.4) is 0 Å². The fraction of sp³-hybridized carbons (Fsp3) is 0.227. The van der Waals surface area contributed by atoms with Crippen molar-refractivity contribution in [2.24, 2.45) is 0 Å². The van der Waals surface area contributed by atoms with Crippen molar-refractivity contribution in [1.29, 1.82) is 0 Å². The average Bonchev–Trinajstić information content (AvgIpc) is 3.15. The molecule has 7 heteroatoms. The van der Waals surface area contributed by atoms with Gasteiger partial charge in [-0.15, -0.1) is 11.3 Å². The summed E-state index contributed by atoms with van der Waals surface area (Å²) in [7, 11) is -1.85. The Balaban J connectivity index is 2.07. The molecule has 0 fully saturated rings. The minimum atomic E-state index is -3.72. The SMILES string of the molecule is C=Cc1ccc(-c2cnc(-c3ccc(NC)cc3)s2)c(S(=O)(=O)NC(C)(C)C)c1. The maximum atomic E-state index is 13.1. The van der Waals surface area contributed by atoms with Crippen LogP contribution in [0.4, 0.5) is 5.69 Å². The number of hydrogen-bond donors (Lipinski definition) is 2. The number of rotatable bonds is 6. The van der Waals surface area contributed by atoms with Gasteiger partial charge in [0.1, 0.15) is 5.01 Å². The van der Waals surface area contributed by atoms with E-state index in [1.54, 1.807) is 18.3 Å². The van der Waals surface area contributed by atoms with Crippen molar-refractivity contribution in [3.05, 3.63) is 60.8 Å². The Kier molecular flexibility index (Phi) is 5.93. The molecule has 0 spiro atoms. The van der Waals surface area contributed by atoms with E-state index in [9.17, 15) is 8.42 Å². The quantitative estimate of drug-likeness (QED) is 0.564. The third-order valence-corrected chi connectivity index (χ3v) is 7.04. The Morgan fingerprint density at radius 3 is 2.38 bits per heavy atom. The Morgan fingerprint density at radius 2 is 1.79 bits per heavy atom. The van der Waals surface area contributed by atoms with E-state index in [4.69, 9.17) is 0 Å². The third kappa shape index (κ3) is 4.93. The summed E-state index contributed by atoms with van der Waals surface area (Å²) in [5.74, 6) is 0. The molecule has 29 heavy (non-hydrogen) atoms. The highest BCUT2D eigenvalue weighted by molar-refractivity contribution is 7.89. The second-order valence-electron chi connectivity index (χ2n) is 7.67. The van der Waals surface area contributed by atoms with Crippen LogP contribution in [0.2, 0.25) is 0 Å². The van der Waals surface area contributed by atoms with Crippen molar-refractivity contribution < 1.29 is 8.42 Å². The van der Waals surface area contributed by atoms with E-state index in [-0.39, 0.29) is 4.90 Å². The molecule has 2 aromatic carbocycles. The van der Waals surface area contributed by atoms with Crippen LogP contribution in [0, 0.1) is 0 Å². The van der Waals surface area contributed by atoms with Crippen molar-refractivity contribution in [3.8, 4) is 21.0 Å². The van der Waals surface area contributed by atoms with Crippen molar-refractivity contribution >= 4 is 33.1 Å². The zero-order valence-electron chi connectivity index (χ0n) is 17.0. The van der Waals surface area contributed by atoms with Gasteiger partial charge in [-0.05, 0) is 56.7 Å². The Hall–Kier alpha value is -2.48. The summed E-state index contributed by atoms with van der Waals surface area (Å²) in [4.78, 5) is 5.54. The van der Waals surface area contributed by atoms with Gasteiger partial charge in [0.15, 0.2) is 0 Å². The molecule has 0 radical (unpaired) electrons. The van der Waals surface area contributed by atoms with Gasteiger partial charge in [0.2, 0.25) is 10.0 Å². The number of sulfonamides is 1. The molecular weight excluding hydrogens is 402 g/mol. The maximum absolute atomic E-state index is 13.1. The lowest BCUT2D eigenvalue weighted by atomic mass is 10.1. The summed E-state index contributed by atoms with van der Waals surface area (Å²) < 4.78 is 28.9. The van der Waals surface area contributed by atoms with Crippen LogP contribution >= 0.6 is 11.3 Å². The average molecular weight is 428 g/mol. The fourth-order valence-corrected chi connectivity index (χ4v) is 5.56. The lowest BCUT2D eigenvalue weighted by Crippen LogP contribution is -2.40. The number of benzene rings is 2. The zero-order valence-corrected chi connectivity index (χ0v) is 18.6. The summed E-state index contributed by atoms with van der Waals surface area (Å²) in [5.41, 5.74) is 2.79. The van der Waals surface area contributed by atoms with Crippen LogP contribution in [0.5, 0.6) is 0 Å². The molecule has 0 unspecified atom stereocenters. The fourth-order valence-electron chi connectivity index (χ4n) is 2.86. The van der Waals surface area contributed by atoms with Crippen LogP contribution in [0.1, 0.15) is 26.3 Å². The van der Waals surface area contributed by atoms with Gasteiger partial charge >= 0.3 is 0 Å². The molecule has 0 aliphatic carbocycles. The van der Waals surface area contributed by atoms with Crippen molar-refractivity contribution in [3.63, 3.8) is 0 Å². The number of aromatic nitrogens is 1. The first-order valence-corrected chi connectivity index (χ1v) is 11.5. The first-order chi connectivity index (χ1) is 13.6. The highest BCUT2D eigenvalue weighted by atomic mass is 32.2. The van der Waals surface area contributed by atoms with Crippen LogP contribution in [-0.4, -0.2) is 26.0 Å². The molecular formula is C22H25N3O2S2. The Morgan fingerprint density at radius 1 is 1.10 bits per heavy atom. The van der Waals surface area contributed by atoms with Gasteiger partial charge in [-0.3, -0.25) is 0 Å². The Bertz CT molecular complexity index is 1130. The molecule has 1 heterocycles. The summed E-state index contributed by atoms with van der Waals surface area (Å²) >= 11 is 1.46. The summed E-state index contributed by atoms with van der Waals surface area (Å²) in [6, 6.07) is 13.3. The number of nitrogens with one attached hydrogen (secondary N) is 2. The normalized spacial score (nSPS) is 12.0. The van der Waals surface area contributed by atoms with Gasteiger partial charge in [0, 0.05) is 35.6 Å². The number of anilines is 1. The first kappa shape index (κ1) is 21.2.